The fourth-order valence-electron chi connectivity index (χ4n) is 2.96. The minimum Gasteiger partial charge on any atom is -0.378 e. The Morgan fingerprint density at radius 2 is 2.16 bits per heavy atom. The van der Waals surface area contributed by atoms with Gasteiger partial charge in [-0.3, -0.25) is 4.79 Å². The molecule has 0 unspecified atom stereocenters. The summed E-state index contributed by atoms with van der Waals surface area (Å²) in [7, 11) is 0. The van der Waals surface area contributed by atoms with Gasteiger partial charge in [-0.15, -0.1) is 0 Å². The van der Waals surface area contributed by atoms with E-state index in [1.165, 1.54) is 5.56 Å². The van der Waals surface area contributed by atoms with Crippen LogP contribution in [0.15, 0.2) is 18.3 Å². The third-order valence-electron chi connectivity index (χ3n) is 3.92. The van der Waals surface area contributed by atoms with E-state index in [-0.39, 0.29) is 6.04 Å². The second-order valence-corrected chi connectivity index (χ2v) is 5.02. The fourth-order valence-corrected chi connectivity index (χ4v) is 2.96. The van der Waals surface area contributed by atoms with Crippen molar-refractivity contribution in [2.75, 3.05) is 37.7 Å². The number of morpholine rings is 1. The van der Waals surface area contributed by atoms with E-state index >= 15 is 0 Å². The molecule has 5 heteroatoms. The van der Waals surface area contributed by atoms with Gasteiger partial charge >= 0.3 is 0 Å². The van der Waals surface area contributed by atoms with Crippen LogP contribution in [0, 0.1) is 0 Å². The number of amides is 1. The number of hydrogen-bond acceptors (Lipinski definition) is 4. The Balaban J connectivity index is 1.90. The molecule has 0 aliphatic carbocycles. The van der Waals surface area contributed by atoms with Gasteiger partial charge in [0.25, 0.3) is 0 Å². The first kappa shape index (κ1) is 12.4. The number of carbonyl (C=O) groups excluding carboxylic acids is 1. The van der Waals surface area contributed by atoms with Gasteiger partial charge in [0, 0.05) is 31.4 Å². The summed E-state index contributed by atoms with van der Waals surface area (Å²) in [6.07, 6.45) is 4.89. The molecule has 1 amide bonds. The zero-order chi connectivity index (χ0) is 13.1. The number of aromatic nitrogens is 1. The van der Waals surface area contributed by atoms with Crippen molar-refractivity contribution in [1.82, 2.24) is 9.88 Å². The van der Waals surface area contributed by atoms with Gasteiger partial charge < -0.3 is 14.5 Å². The highest BCUT2D eigenvalue weighted by atomic mass is 16.5. The normalized spacial score (nSPS) is 23.7. The molecule has 2 aliphatic rings. The van der Waals surface area contributed by atoms with E-state index in [0.717, 1.165) is 57.9 Å². The molecule has 5 nitrogen and oxygen atoms in total. The average molecular weight is 261 g/mol. The van der Waals surface area contributed by atoms with Crippen molar-refractivity contribution in [3.05, 3.63) is 23.9 Å². The molecule has 2 saturated heterocycles. The molecule has 0 spiro atoms. The van der Waals surface area contributed by atoms with Crippen LogP contribution in [0.4, 0.5) is 5.82 Å². The first-order valence-corrected chi connectivity index (χ1v) is 6.89. The number of likely N-dealkylation sites (tertiary alicyclic amines) is 1. The van der Waals surface area contributed by atoms with Gasteiger partial charge in [0.05, 0.1) is 19.3 Å². The van der Waals surface area contributed by atoms with Crippen molar-refractivity contribution in [2.45, 2.75) is 18.9 Å². The van der Waals surface area contributed by atoms with Crippen LogP contribution < -0.4 is 4.90 Å². The number of nitrogens with zero attached hydrogens (tertiary/aromatic N) is 3. The third kappa shape index (κ3) is 2.42. The number of ether oxygens (including phenoxy) is 1. The summed E-state index contributed by atoms with van der Waals surface area (Å²) in [5.74, 6) is 1.02. The highest BCUT2D eigenvalue weighted by Gasteiger charge is 2.28. The molecule has 1 atom stereocenters. The maximum absolute atomic E-state index is 11.2. The number of rotatable bonds is 3. The molecular weight excluding hydrogens is 242 g/mol. The lowest BCUT2D eigenvalue weighted by molar-refractivity contribution is -0.118. The van der Waals surface area contributed by atoms with Crippen molar-refractivity contribution in [2.24, 2.45) is 0 Å². The monoisotopic (exact) mass is 261 g/mol. The Bertz CT molecular complexity index is 446. The van der Waals surface area contributed by atoms with Gasteiger partial charge in [0.1, 0.15) is 5.82 Å². The molecule has 2 aliphatic heterocycles. The van der Waals surface area contributed by atoms with Crippen molar-refractivity contribution in [3.63, 3.8) is 0 Å². The SMILES string of the molecule is O=CN1CCC[C@@H]1c1cccnc1N1CCOCC1. The maximum Gasteiger partial charge on any atom is 0.210 e. The van der Waals surface area contributed by atoms with E-state index < -0.39 is 0 Å². The quantitative estimate of drug-likeness (QED) is 0.767. The number of anilines is 1. The first-order valence-electron chi connectivity index (χ1n) is 6.89. The Morgan fingerprint density at radius 1 is 1.32 bits per heavy atom. The topological polar surface area (TPSA) is 45.7 Å². The smallest absolute Gasteiger partial charge is 0.210 e. The minimum atomic E-state index is 0.184. The predicted molar refractivity (Wildman–Crippen MR) is 72.0 cm³/mol. The van der Waals surface area contributed by atoms with Crippen molar-refractivity contribution in [1.29, 1.82) is 0 Å². The number of pyridine rings is 1. The predicted octanol–water partition coefficient (Wildman–Crippen LogP) is 1.21. The van der Waals surface area contributed by atoms with Gasteiger partial charge in [-0.1, -0.05) is 6.07 Å². The summed E-state index contributed by atoms with van der Waals surface area (Å²) in [4.78, 5) is 19.8. The molecule has 3 rings (SSSR count). The van der Waals surface area contributed by atoms with E-state index in [1.807, 2.05) is 17.2 Å². The highest BCUT2D eigenvalue weighted by Crippen LogP contribution is 2.35. The van der Waals surface area contributed by atoms with E-state index in [9.17, 15) is 4.79 Å². The Labute approximate surface area is 113 Å². The van der Waals surface area contributed by atoms with Crippen LogP contribution in [-0.2, 0) is 9.53 Å². The Kier molecular flexibility index (Phi) is 3.64. The summed E-state index contributed by atoms with van der Waals surface area (Å²) in [6.45, 7) is 4.09. The second-order valence-electron chi connectivity index (χ2n) is 5.02. The van der Waals surface area contributed by atoms with E-state index in [1.54, 1.807) is 0 Å². The molecule has 0 radical (unpaired) electrons. The molecule has 2 fully saturated rings. The number of hydrogen-bond donors (Lipinski definition) is 0. The largest absolute Gasteiger partial charge is 0.378 e. The van der Waals surface area contributed by atoms with Gasteiger partial charge in [0.15, 0.2) is 0 Å². The summed E-state index contributed by atoms with van der Waals surface area (Å²) in [5, 5.41) is 0. The molecule has 19 heavy (non-hydrogen) atoms. The zero-order valence-corrected chi connectivity index (χ0v) is 11.0. The van der Waals surface area contributed by atoms with Crippen LogP contribution in [0.2, 0.25) is 0 Å². The minimum absolute atomic E-state index is 0.184. The maximum atomic E-state index is 11.2. The van der Waals surface area contributed by atoms with Gasteiger partial charge in [-0.25, -0.2) is 4.98 Å². The summed E-state index contributed by atoms with van der Waals surface area (Å²) >= 11 is 0. The third-order valence-corrected chi connectivity index (χ3v) is 3.92. The first-order chi connectivity index (χ1) is 9.40. The summed E-state index contributed by atoms with van der Waals surface area (Å²) in [5.41, 5.74) is 1.18. The van der Waals surface area contributed by atoms with Crippen LogP contribution in [0.25, 0.3) is 0 Å². The van der Waals surface area contributed by atoms with Crippen LogP contribution in [0.1, 0.15) is 24.4 Å². The van der Waals surface area contributed by atoms with Crippen molar-refractivity contribution in [3.8, 4) is 0 Å². The second kappa shape index (κ2) is 5.57. The van der Waals surface area contributed by atoms with E-state index in [4.69, 9.17) is 4.74 Å². The molecule has 0 N–H and O–H groups in total. The molecule has 0 saturated carbocycles. The zero-order valence-electron chi connectivity index (χ0n) is 11.0. The van der Waals surface area contributed by atoms with Gasteiger partial charge in [-0.2, -0.15) is 0 Å². The van der Waals surface area contributed by atoms with E-state index in [0.29, 0.717) is 0 Å². The average Bonchev–Trinajstić information content (AvgIpc) is 2.96. The van der Waals surface area contributed by atoms with Gasteiger partial charge in [0.2, 0.25) is 6.41 Å². The lowest BCUT2D eigenvalue weighted by Crippen LogP contribution is -2.38. The number of carbonyl (C=O) groups is 1. The molecule has 3 heterocycles. The Morgan fingerprint density at radius 3 is 2.95 bits per heavy atom. The van der Waals surface area contributed by atoms with E-state index in [2.05, 4.69) is 16.0 Å². The fraction of sp³-hybridized carbons (Fsp3) is 0.571. The summed E-state index contributed by atoms with van der Waals surface area (Å²) < 4.78 is 5.39. The van der Waals surface area contributed by atoms with Crippen LogP contribution in [-0.4, -0.2) is 49.1 Å². The molecule has 0 bridgehead atoms. The Hall–Kier alpha value is -1.62. The van der Waals surface area contributed by atoms with Crippen molar-refractivity contribution < 1.29 is 9.53 Å². The molecule has 102 valence electrons. The standard InChI is InChI=1S/C14H19N3O2/c18-11-17-6-2-4-13(17)12-3-1-5-15-14(12)16-7-9-19-10-8-16/h1,3,5,11,13H,2,4,6-10H2/t13-/m1/s1. The molecule has 0 aromatic carbocycles. The molecular formula is C14H19N3O2. The van der Waals surface area contributed by atoms with Gasteiger partial charge in [-0.05, 0) is 18.9 Å². The molecule has 1 aromatic rings. The highest BCUT2D eigenvalue weighted by molar-refractivity contribution is 5.54. The van der Waals surface area contributed by atoms with Crippen LogP contribution in [0.3, 0.4) is 0 Å². The molecule has 1 aromatic heterocycles. The lowest BCUT2D eigenvalue weighted by atomic mass is 10.0. The van der Waals surface area contributed by atoms with Crippen LogP contribution in [0.5, 0.6) is 0 Å². The van der Waals surface area contributed by atoms with Crippen LogP contribution >= 0.6 is 0 Å². The van der Waals surface area contributed by atoms with Crippen molar-refractivity contribution >= 4 is 12.2 Å². The summed E-state index contributed by atoms with van der Waals surface area (Å²) in [6, 6.07) is 4.24. The lowest BCUT2D eigenvalue weighted by Gasteiger charge is -2.31.